The quantitative estimate of drug-likeness (QED) is 0.650. The highest BCUT2D eigenvalue weighted by Crippen LogP contribution is 2.25. The minimum absolute atomic E-state index is 0.206. The molecular formula is C22H22N2O4. The van der Waals surface area contributed by atoms with Crippen LogP contribution in [0.1, 0.15) is 11.5 Å². The Morgan fingerprint density at radius 3 is 2.04 bits per heavy atom. The summed E-state index contributed by atoms with van der Waals surface area (Å²) >= 11 is 0. The Labute approximate surface area is 163 Å². The summed E-state index contributed by atoms with van der Waals surface area (Å²) < 4.78 is 10.7. The van der Waals surface area contributed by atoms with Crippen molar-refractivity contribution in [2.75, 3.05) is 18.1 Å². The van der Waals surface area contributed by atoms with Gasteiger partial charge in [0.1, 0.15) is 24.7 Å². The highest BCUT2D eigenvalue weighted by atomic mass is 16.5. The third kappa shape index (κ3) is 5.31. The van der Waals surface area contributed by atoms with Crippen LogP contribution < -0.4 is 10.2 Å². The number of rotatable bonds is 8. The predicted octanol–water partition coefficient (Wildman–Crippen LogP) is 3.59. The highest BCUT2D eigenvalue weighted by molar-refractivity contribution is 6.01. The first-order valence-corrected chi connectivity index (χ1v) is 8.96. The Kier molecular flexibility index (Phi) is 6.59. The minimum Gasteiger partial charge on any atom is -0.465 e. The second-order valence-corrected chi connectivity index (χ2v) is 6.18. The zero-order valence-electron chi connectivity index (χ0n) is 15.6. The van der Waals surface area contributed by atoms with Crippen molar-refractivity contribution in [2.45, 2.75) is 13.5 Å². The molecular weight excluding hydrogens is 356 g/mol. The lowest BCUT2D eigenvalue weighted by atomic mass is 10.2. The molecule has 2 amide bonds. The first-order chi connectivity index (χ1) is 13.6. The van der Waals surface area contributed by atoms with Crippen LogP contribution in [0.4, 0.5) is 11.4 Å². The molecule has 6 nitrogen and oxygen atoms in total. The highest BCUT2D eigenvalue weighted by Gasteiger charge is 2.18. The summed E-state index contributed by atoms with van der Waals surface area (Å²) in [5.74, 6) is 0.883. The third-order valence-corrected chi connectivity index (χ3v) is 3.99. The number of para-hydroxylation sites is 2. The Balaban J connectivity index is 1.54. The van der Waals surface area contributed by atoms with E-state index in [-0.39, 0.29) is 31.6 Å². The average Bonchev–Trinajstić information content (AvgIpc) is 3.13. The molecule has 1 N–H and O–H groups in total. The van der Waals surface area contributed by atoms with Gasteiger partial charge in [-0.15, -0.1) is 0 Å². The van der Waals surface area contributed by atoms with Gasteiger partial charge in [-0.1, -0.05) is 36.4 Å². The van der Waals surface area contributed by atoms with Gasteiger partial charge in [-0.25, -0.2) is 0 Å². The molecule has 0 aliphatic carbocycles. The van der Waals surface area contributed by atoms with E-state index in [0.29, 0.717) is 5.76 Å². The summed E-state index contributed by atoms with van der Waals surface area (Å²) in [6, 6.07) is 22.3. The summed E-state index contributed by atoms with van der Waals surface area (Å²) in [4.78, 5) is 26.2. The summed E-state index contributed by atoms with van der Waals surface area (Å²) in [5.41, 5.74) is 1.47. The predicted molar refractivity (Wildman–Crippen MR) is 106 cm³/mol. The Morgan fingerprint density at radius 1 is 0.893 bits per heavy atom. The van der Waals surface area contributed by atoms with Crippen molar-refractivity contribution in [1.29, 1.82) is 0 Å². The van der Waals surface area contributed by atoms with Gasteiger partial charge in [0.05, 0.1) is 6.54 Å². The van der Waals surface area contributed by atoms with E-state index >= 15 is 0 Å². The number of furan rings is 1. The first kappa shape index (κ1) is 19.4. The molecule has 28 heavy (non-hydrogen) atoms. The number of hydrogen-bond donors (Lipinski definition) is 1. The van der Waals surface area contributed by atoms with E-state index in [1.165, 1.54) is 0 Å². The largest absolute Gasteiger partial charge is 0.465 e. The third-order valence-electron chi connectivity index (χ3n) is 3.99. The Hall–Kier alpha value is -3.38. The number of carbonyl (C=O) groups excluding carboxylic acids is 2. The number of nitrogens with zero attached hydrogens (tertiary/aromatic N) is 1. The molecule has 0 radical (unpaired) electrons. The lowest BCUT2D eigenvalue weighted by Crippen LogP contribution is -2.32. The number of hydrogen-bond acceptors (Lipinski definition) is 4. The van der Waals surface area contributed by atoms with Crippen molar-refractivity contribution in [3.8, 4) is 0 Å². The van der Waals surface area contributed by atoms with Crippen molar-refractivity contribution in [3.05, 3.63) is 84.3 Å². The fraction of sp³-hybridized carbons (Fsp3) is 0.182. The average molecular weight is 378 g/mol. The molecule has 3 rings (SSSR count). The van der Waals surface area contributed by atoms with Gasteiger partial charge < -0.3 is 14.5 Å². The molecule has 0 atom stereocenters. The lowest BCUT2D eigenvalue weighted by Gasteiger charge is -2.23. The first-order valence-electron chi connectivity index (χ1n) is 8.96. The standard InChI is InChI=1S/C22H22N2O4/c1-17-12-13-20(28-17)14-23-21(25)15-27-16-22(26)24(18-8-4-2-5-9-18)19-10-6-3-7-11-19/h2-13H,14-16H2,1H3,(H,23,25). The van der Waals surface area contributed by atoms with E-state index in [2.05, 4.69) is 5.32 Å². The smallest absolute Gasteiger partial charge is 0.257 e. The SMILES string of the molecule is Cc1ccc(CNC(=O)COCC(=O)N(c2ccccc2)c2ccccc2)o1. The summed E-state index contributed by atoms with van der Waals surface area (Å²) in [6.07, 6.45) is 0. The van der Waals surface area contributed by atoms with Crippen LogP contribution in [0, 0.1) is 6.92 Å². The van der Waals surface area contributed by atoms with Crippen molar-refractivity contribution in [2.24, 2.45) is 0 Å². The molecule has 0 aliphatic heterocycles. The van der Waals surface area contributed by atoms with Crippen LogP contribution in [0.2, 0.25) is 0 Å². The van der Waals surface area contributed by atoms with Crippen molar-refractivity contribution < 1.29 is 18.7 Å². The molecule has 2 aromatic carbocycles. The van der Waals surface area contributed by atoms with Gasteiger partial charge in [0.25, 0.3) is 5.91 Å². The van der Waals surface area contributed by atoms with E-state index in [0.717, 1.165) is 17.1 Å². The van der Waals surface area contributed by atoms with Crippen molar-refractivity contribution in [1.82, 2.24) is 5.32 Å². The van der Waals surface area contributed by atoms with Gasteiger partial charge in [-0.3, -0.25) is 14.5 Å². The molecule has 1 aromatic heterocycles. The maximum absolute atomic E-state index is 12.8. The van der Waals surface area contributed by atoms with Crippen LogP contribution in [-0.4, -0.2) is 25.0 Å². The van der Waals surface area contributed by atoms with Gasteiger partial charge in [-0.2, -0.15) is 0 Å². The fourth-order valence-electron chi connectivity index (χ4n) is 2.70. The van der Waals surface area contributed by atoms with Crippen LogP contribution in [0.25, 0.3) is 0 Å². The van der Waals surface area contributed by atoms with Gasteiger partial charge >= 0.3 is 0 Å². The molecule has 0 bridgehead atoms. The molecule has 0 spiro atoms. The zero-order valence-corrected chi connectivity index (χ0v) is 15.6. The van der Waals surface area contributed by atoms with E-state index in [1.54, 1.807) is 11.0 Å². The maximum Gasteiger partial charge on any atom is 0.257 e. The van der Waals surface area contributed by atoms with Gasteiger partial charge in [0, 0.05) is 11.4 Å². The van der Waals surface area contributed by atoms with Crippen molar-refractivity contribution >= 4 is 23.2 Å². The second kappa shape index (κ2) is 9.53. The monoisotopic (exact) mass is 378 g/mol. The number of carbonyl (C=O) groups is 2. The van der Waals surface area contributed by atoms with Gasteiger partial charge in [0.2, 0.25) is 5.91 Å². The zero-order chi connectivity index (χ0) is 19.8. The molecule has 0 unspecified atom stereocenters. The lowest BCUT2D eigenvalue weighted by molar-refractivity contribution is -0.129. The molecule has 0 saturated carbocycles. The number of anilines is 2. The van der Waals surface area contributed by atoms with Crippen LogP contribution >= 0.6 is 0 Å². The van der Waals surface area contributed by atoms with Crippen LogP contribution in [-0.2, 0) is 20.9 Å². The van der Waals surface area contributed by atoms with E-state index < -0.39 is 0 Å². The topological polar surface area (TPSA) is 71.8 Å². The Morgan fingerprint density at radius 2 is 1.50 bits per heavy atom. The maximum atomic E-state index is 12.8. The minimum atomic E-state index is -0.312. The van der Waals surface area contributed by atoms with E-state index in [9.17, 15) is 9.59 Å². The molecule has 6 heteroatoms. The summed E-state index contributed by atoms with van der Waals surface area (Å²) in [7, 11) is 0. The molecule has 0 aliphatic rings. The fourth-order valence-corrected chi connectivity index (χ4v) is 2.70. The number of nitrogens with one attached hydrogen (secondary N) is 1. The second-order valence-electron chi connectivity index (χ2n) is 6.18. The van der Waals surface area contributed by atoms with Crippen LogP contribution in [0.15, 0.2) is 77.2 Å². The van der Waals surface area contributed by atoms with E-state index in [4.69, 9.17) is 9.15 Å². The summed E-state index contributed by atoms with van der Waals surface area (Å²) in [6.45, 7) is 1.70. The molecule has 144 valence electrons. The van der Waals surface area contributed by atoms with Crippen molar-refractivity contribution in [3.63, 3.8) is 0 Å². The van der Waals surface area contributed by atoms with Gasteiger partial charge in [-0.05, 0) is 43.3 Å². The number of amides is 2. The number of benzene rings is 2. The normalized spacial score (nSPS) is 10.5. The van der Waals surface area contributed by atoms with Crippen LogP contribution in [0.3, 0.4) is 0 Å². The number of aryl methyl sites for hydroxylation is 1. The molecule has 0 fully saturated rings. The molecule has 1 heterocycles. The Bertz CT molecular complexity index is 867. The van der Waals surface area contributed by atoms with Gasteiger partial charge in [0.15, 0.2) is 0 Å². The molecule has 3 aromatic rings. The summed E-state index contributed by atoms with van der Waals surface area (Å²) in [5, 5.41) is 2.70. The number of ether oxygens (including phenoxy) is 1. The molecule has 0 saturated heterocycles. The van der Waals surface area contributed by atoms with E-state index in [1.807, 2.05) is 73.7 Å². The van der Waals surface area contributed by atoms with Crippen LogP contribution in [0.5, 0.6) is 0 Å².